The van der Waals surface area contributed by atoms with E-state index in [0.29, 0.717) is 47.0 Å². The molecular weight excluding hydrogens is 570 g/mol. The molecule has 0 amide bonds. The Morgan fingerprint density at radius 2 is 1.78 bits per heavy atom. The molecule has 0 atom stereocenters. The molecule has 13 heteroatoms. The Hall–Kier alpha value is -3.45. The van der Waals surface area contributed by atoms with Crippen LogP contribution in [0.3, 0.4) is 0 Å². The minimum atomic E-state index is -3.66. The summed E-state index contributed by atoms with van der Waals surface area (Å²) in [5.74, 6) is 1.39. The van der Waals surface area contributed by atoms with Crippen molar-refractivity contribution in [2.45, 2.75) is 18.6 Å². The van der Waals surface area contributed by atoms with Crippen molar-refractivity contribution in [1.82, 2.24) is 24.6 Å². The van der Waals surface area contributed by atoms with Crippen molar-refractivity contribution in [1.29, 1.82) is 0 Å². The second-order valence-electron chi connectivity index (χ2n) is 9.57. The van der Waals surface area contributed by atoms with Crippen molar-refractivity contribution >= 4 is 21.4 Å². The maximum atomic E-state index is 13.5. The first-order valence-corrected chi connectivity index (χ1v) is 15.4. The maximum Gasteiger partial charge on any atom is 0.204 e. The molecule has 0 saturated carbocycles. The van der Waals surface area contributed by atoms with Gasteiger partial charge in [0.15, 0.2) is 21.4 Å². The van der Waals surface area contributed by atoms with E-state index in [4.69, 9.17) is 30.2 Å². The number of ether oxygens (including phenoxy) is 3. The van der Waals surface area contributed by atoms with Gasteiger partial charge in [-0.15, -0.1) is 10.2 Å². The molecule has 3 aromatic heterocycles. The zero-order chi connectivity index (χ0) is 28.8. The largest absolute Gasteiger partial charge is 0.494 e. The summed E-state index contributed by atoms with van der Waals surface area (Å²) in [5, 5.41) is 9.07. The fourth-order valence-corrected chi connectivity index (χ4v) is 6.25. The lowest BCUT2D eigenvalue weighted by molar-refractivity contribution is 0.0384. The molecular formula is C28H32ClN5O6S. The molecule has 11 nitrogen and oxygen atoms in total. The van der Waals surface area contributed by atoms with Crippen LogP contribution in [0.4, 0.5) is 0 Å². The lowest BCUT2D eigenvalue weighted by Gasteiger charge is -2.26. The summed E-state index contributed by atoms with van der Waals surface area (Å²) in [6, 6.07) is 10.6. The van der Waals surface area contributed by atoms with Crippen LogP contribution in [0.15, 0.2) is 53.3 Å². The molecule has 0 bridgehead atoms. The Morgan fingerprint density at radius 1 is 1.02 bits per heavy atom. The van der Waals surface area contributed by atoms with Crippen LogP contribution in [-0.4, -0.2) is 85.9 Å². The number of aryl methyl sites for hydroxylation is 1. The quantitative estimate of drug-likeness (QED) is 0.238. The second-order valence-corrected chi connectivity index (χ2v) is 12.2. The third-order valence-corrected chi connectivity index (χ3v) is 8.65. The fraction of sp³-hybridized carbons (Fsp3) is 0.393. The van der Waals surface area contributed by atoms with Crippen LogP contribution < -0.4 is 9.47 Å². The van der Waals surface area contributed by atoms with E-state index in [1.807, 2.05) is 6.07 Å². The third-order valence-electron chi connectivity index (χ3n) is 6.92. The number of pyridine rings is 1. The van der Waals surface area contributed by atoms with Crippen molar-refractivity contribution in [3.63, 3.8) is 0 Å². The number of furan rings is 1. The molecule has 0 N–H and O–H groups in total. The lowest BCUT2D eigenvalue weighted by Crippen LogP contribution is -2.37. The Bertz CT molecular complexity index is 1550. The number of rotatable bonds is 12. The number of para-hydroxylation sites is 1. The van der Waals surface area contributed by atoms with Crippen molar-refractivity contribution in [2.75, 3.05) is 52.8 Å². The van der Waals surface area contributed by atoms with E-state index >= 15 is 0 Å². The van der Waals surface area contributed by atoms with Crippen LogP contribution in [0.5, 0.6) is 11.5 Å². The number of aromatic nitrogens is 4. The highest BCUT2D eigenvalue weighted by molar-refractivity contribution is 7.90. The van der Waals surface area contributed by atoms with E-state index in [1.54, 1.807) is 41.1 Å². The first-order valence-electron chi connectivity index (χ1n) is 13.2. The van der Waals surface area contributed by atoms with E-state index in [2.05, 4.69) is 20.1 Å². The monoisotopic (exact) mass is 601 g/mol. The highest BCUT2D eigenvalue weighted by atomic mass is 35.5. The summed E-state index contributed by atoms with van der Waals surface area (Å²) >= 11 is 6.24. The van der Waals surface area contributed by atoms with Gasteiger partial charge in [-0.1, -0.05) is 17.7 Å². The number of nitrogens with zero attached hydrogens (tertiary/aromatic N) is 5. The van der Waals surface area contributed by atoms with Crippen LogP contribution in [-0.2, 0) is 33.2 Å². The second kappa shape index (κ2) is 13.0. The van der Waals surface area contributed by atoms with E-state index in [0.717, 1.165) is 37.3 Å². The van der Waals surface area contributed by atoms with E-state index < -0.39 is 9.84 Å². The van der Waals surface area contributed by atoms with Gasteiger partial charge in [-0.05, 0) is 42.3 Å². The van der Waals surface area contributed by atoms with Crippen LogP contribution >= 0.6 is 11.6 Å². The Kier molecular flexibility index (Phi) is 9.23. The molecule has 4 heterocycles. The maximum absolute atomic E-state index is 13.5. The number of sulfone groups is 1. The molecule has 218 valence electrons. The van der Waals surface area contributed by atoms with Gasteiger partial charge in [0.2, 0.25) is 5.82 Å². The smallest absolute Gasteiger partial charge is 0.204 e. The van der Waals surface area contributed by atoms with Crippen molar-refractivity contribution in [2.24, 2.45) is 0 Å². The molecule has 1 fully saturated rings. The molecule has 1 aliphatic heterocycles. The molecule has 1 aromatic carbocycles. The summed E-state index contributed by atoms with van der Waals surface area (Å²) in [4.78, 5) is 6.80. The summed E-state index contributed by atoms with van der Waals surface area (Å²) < 4.78 is 50.8. The van der Waals surface area contributed by atoms with Gasteiger partial charge in [0.1, 0.15) is 22.9 Å². The van der Waals surface area contributed by atoms with E-state index in [1.165, 1.54) is 20.5 Å². The van der Waals surface area contributed by atoms with Gasteiger partial charge in [-0.3, -0.25) is 14.5 Å². The predicted molar refractivity (Wildman–Crippen MR) is 154 cm³/mol. The summed E-state index contributed by atoms with van der Waals surface area (Å²) in [6.07, 6.45) is 4.04. The summed E-state index contributed by atoms with van der Waals surface area (Å²) in [6.45, 7) is 3.99. The molecule has 0 radical (unpaired) electrons. The first kappa shape index (κ1) is 29.1. The van der Waals surface area contributed by atoms with Crippen molar-refractivity contribution < 1.29 is 27.0 Å². The zero-order valence-corrected chi connectivity index (χ0v) is 24.5. The molecule has 0 aliphatic carbocycles. The molecule has 4 aromatic rings. The standard InChI is InChI=1S/C28H32ClN5O6S/c1-37-23-5-3-6-24(38-2)27(23)34-26(31-32-28(34)25-7-4-13-40-25)19-41(35,36)16-9-22-20(17-21(29)18-30-22)8-10-33-11-14-39-15-12-33/h3-7,13,17-18H,8-12,14-16,19H2,1-2H3. The molecule has 1 saturated heterocycles. The molecule has 0 spiro atoms. The number of hydrogen-bond acceptors (Lipinski definition) is 10. The van der Waals surface area contributed by atoms with Gasteiger partial charge in [-0.25, -0.2) is 8.42 Å². The number of hydrogen-bond donors (Lipinski definition) is 0. The van der Waals surface area contributed by atoms with Crippen LogP contribution in [0.25, 0.3) is 17.3 Å². The average Bonchev–Trinajstić information content (AvgIpc) is 3.65. The normalized spacial score (nSPS) is 14.3. The van der Waals surface area contributed by atoms with Crippen LogP contribution in [0.2, 0.25) is 5.02 Å². The first-order chi connectivity index (χ1) is 19.9. The summed E-state index contributed by atoms with van der Waals surface area (Å²) in [7, 11) is -0.597. The Balaban J connectivity index is 1.40. The number of halogens is 1. The number of morpholine rings is 1. The molecule has 1 aliphatic rings. The lowest BCUT2D eigenvalue weighted by atomic mass is 10.1. The van der Waals surface area contributed by atoms with Gasteiger partial charge in [-0.2, -0.15) is 0 Å². The van der Waals surface area contributed by atoms with Gasteiger partial charge < -0.3 is 18.6 Å². The van der Waals surface area contributed by atoms with Gasteiger partial charge in [0.05, 0.1) is 44.5 Å². The van der Waals surface area contributed by atoms with E-state index in [-0.39, 0.29) is 23.8 Å². The van der Waals surface area contributed by atoms with Gasteiger partial charge in [0.25, 0.3) is 0 Å². The minimum absolute atomic E-state index is 0.127. The summed E-state index contributed by atoms with van der Waals surface area (Å²) in [5.41, 5.74) is 2.14. The minimum Gasteiger partial charge on any atom is -0.494 e. The third kappa shape index (κ3) is 6.89. The topological polar surface area (TPSA) is 122 Å². The highest BCUT2D eigenvalue weighted by Gasteiger charge is 2.27. The Labute approximate surface area is 243 Å². The highest BCUT2D eigenvalue weighted by Crippen LogP contribution is 2.36. The van der Waals surface area contributed by atoms with Gasteiger partial charge >= 0.3 is 0 Å². The molecule has 41 heavy (non-hydrogen) atoms. The molecule has 5 rings (SSSR count). The zero-order valence-electron chi connectivity index (χ0n) is 23.0. The predicted octanol–water partition coefficient (Wildman–Crippen LogP) is 3.63. The van der Waals surface area contributed by atoms with Crippen LogP contribution in [0.1, 0.15) is 17.1 Å². The number of methoxy groups -OCH3 is 2. The Morgan fingerprint density at radius 3 is 2.46 bits per heavy atom. The SMILES string of the molecule is COc1cccc(OC)c1-n1c(CS(=O)(=O)CCc2ncc(Cl)cc2CCN2CCOCC2)nnc1-c1ccco1. The van der Waals surface area contributed by atoms with E-state index in [9.17, 15) is 8.42 Å². The van der Waals surface area contributed by atoms with Crippen molar-refractivity contribution in [3.8, 4) is 28.8 Å². The average molecular weight is 602 g/mol. The van der Waals surface area contributed by atoms with Crippen LogP contribution in [0, 0.1) is 0 Å². The fourth-order valence-electron chi connectivity index (χ4n) is 4.84. The number of benzene rings is 1. The van der Waals surface area contributed by atoms with Crippen molar-refractivity contribution in [3.05, 3.63) is 71.0 Å². The van der Waals surface area contributed by atoms with Gasteiger partial charge in [0, 0.05) is 37.9 Å². The molecule has 0 unspecified atom stereocenters.